The highest BCUT2D eigenvalue weighted by Gasteiger charge is 2.26. The van der Waals surface area contributed by atoms with Gasteiger partial charge in [0, 0.05) is 19.4 Å². The highest BCUT2D eigenvalue weighted by atomic mass is 16.2. The van der Waals surface area contributed by atoms with Gasteiger partial charge in [-0.2, -0.15) is 0 Å². The lowest BCUT2D eigenvalue weighted by Gasteiger charge is -2.11. The Morgan fingerprint density at radius 1 is 1.31 bits per heavy atom. The molecule has 1 fully saturated rings. The molecule has 16 heavy (non-hydrogen) atoms. The minimum absolute atomic E-state index is 0.0844. The molecule has 0 aromatic carbocycles. The third-order valence-electron chi connectivity index (χ3n) is 2.59. The van der Waals surface area contributed by atoms with Crippen molar-refractivity contribution < 1.29 is 14.4 Å². The van der Waals surface area contributed by atoms with Crippen LogP contribution in [-0.2, 0) is 9.59 Å². The zero-order chi connectivity index (χ0) is 12.0. The Bertz CT molecular complexity index is 289. The molecule has 0 aromatic rings. The number of Topliss-reactive ketones (excluding diaryl/α,β-unsaturated/α-hetero) is 1. The van der Waals surface area contributed by atoms with Crippen molar-refractivity contribution in [2.24, 2.45) is 0 Å². The summed E-state index contributed by atoms with van der Waals surface area (Å²) in [6.07, 6.45) is 4.01. The molecule has 0 aromatic heterocycles. The van der Waals surface area contributed by atoms with Crippen molar-refractivity contribution >= 4 is 17.7 Å². The molecule has 3 amide bonds. The van der Waals surface area contributed by atoms with Gasteiger partial charge >= 0.3 is 6.03 Å². The molecule has 1 N–H and O–H groups in total. The molecule has 1 aliphatic rings. The van der Waals surface area contributed by atoms with Crippen molar-refractivity contribution in [1.82, 2.24) is 10.2 Å². The second-order valence-corrected chi connectivity index (χ2v) is 4.02. The lowest BCUT2D eigenvalue weighted by molar-refractivity contribution is -0.120. The molecule has 5 heteroatoms. The van der Waals surface area contributed by atoms with Crippen molar-refractivity contribution in [2.75, 3.05) is 13.1 Å². The lowest BCUT2D eigenvalue weighted by atomic mass is 10.1. The SMILES string of the molecule is CCCCCC(=O)CCN1CC(=O)NC1=O. The first-order valence-electron chi connectivity index (χ1n) is 5.74. The molecule has 0 spiro atoms. The van der Waals surface area contributed by atoms with Crippen LogP contribution in [0.1, 0.15) is 39.0 Å². The van der Waals surface area contributed by atoms with E-state index in [0.717, 1.165) is 19.3 Å². The van der Waals surface area contributed by atoms with E-state index in [1.54, 1.807) is 0 Å². The van der Waals surface area contributed by atoms with E-state index in [1.807, 2.05) is 0 Å². The first kappa shape index (κ1) is 12.7. The van der Waals surface area contributed by atoms with Gasteiger partial charge in [0.1, 0.15) is 12.3 Å². The zero-order valence-corrected chi connectivity index (χ0v) is 9.62. The Labute approximate surface area is 95.2 Å². The largest absolute Gasteiger partial charge is 0.324 e. The van der Waals surface area contributed by atoms with Crippen LogP contribution in [0.4, 0.5) is 4.79 Å². The van der Waals surface area contributed by atoms with Gasteiger partial charge in [-0.3, -0.25) is 14.9 Å². The van der Waals surface area contributed by atoms with E-state index in [4.69, 9.17) is 0 Å². The van der Waals surface area contributed by atoms with Crippen LogP contribution in [0.5, 0.6) is 0 Å². The smallest absolute Gasteiger partial charge is 0.315 e. The molecule has 1 aliphatic heterocycles. The van der Waals surface area contributed by atoms with Gasteiger partial charge < -0.3 is 4.90 Å². The molecule has 1 heterocycles. The van der Waals surface area contributed by atoms with Crippen LogP contribution >= 0.6 is 0 Å². The van der Waals surface area contributed by atoms with E-state index >= 15 is 0 Å². The summed E-state index contributed by atoms with van der Waals surface area (Å²) in [7, 11) is 0. The molecule has 0 atom stereocenters. The number of carbonyl (C=O) groups is 3. The fraction of sp³-hybridized carbons (Fsp3) is 0.727. The maximum Gasteiger partial charge on any atom is 0.324 e. The Morgan fingerprint density at radius 2 is 2.06 bits per heavy atom. The van der Waals surface area contributed by atoms with E-state index in [9.17, 15) is 14.4 Å². The van der Waals surface area contributed by atoms with E-state index < -0.39 is 0 Å². The minimum atomic E-state index is -0.383. The van der Waals surface area contributed by atoms with Crippen molar-refractivity contribution in [2.45, 2.75) is 39.0 Å². The summed E-state index contributed by atoms with van der Waals surface area (Å²) >= 11 is 0. The van der Waals surface area contributed by atoms with Crippen molar-refractivity contribution in [3.63, 3.8) is 0 Å². The summed E-state index contributed by atoms with van der Waals surface area (Å²) in [5.74, 6) is -0.121. The quantitative estimate of drug-likeness (QED) is 0.521. The van der Waals surface area contributed by atoms with E-state index in [0.29, 0.717) is 19.4 Å². The molecule has 0 bridgehead atoms. The monoisotopic (exact) mass is 226 g/mol. The fourth-order valence-corrected chi connectivity index (χ4v) is 1.62. The lowest BCUT2D eigenvalue weighted by Crippen LogP contribution is -2.30. The van der Waals surface area contributed by atoms with Gasteiger partial charge in [0.2, 0.25) is 5.91 Å². The zero-order valence-electron chi connectivity index (χ0n) is 9.62. The molecule has 1 saturated heterocycles. The number of ketones is 1. The highest BCUT2D eigenvalue weighted by molar-refractivity contribution is 6.02. The number of unbranched alkanes of at least 4 members (excludes halogenated alkanes) is 2. The molecule has 0 aliphatic carbocycles. The van der Waals surface area contributed by atoms with Gasteiger partial charge in [0.05, 0.1) is 0 Å². The summed E-state index contributed by atoms with van der Waals surface area (Å²) in [5, 5.41) is 2.18. The maximum absolute atomic E-state index is 11.4. The van der Waals surface area contributed by atoms with E-state index in [-0.39, 0.29) is 24.3 Å². The number of amides is 3. The van der Waals surface area contributed by atoms with Gasteiger partial charge in [-0.05, 0) is 6.42 Å². The van der Waals surface area contributed by atoms with Crippen molar-refractivity contribution in [3.8, 4) is 0 Å². The molecule has 1 rings (SSSR count). The van der Waals surface area contributed by atoms with Crippen molar-refractivity contribution in [1.29, 1.82) is 0 Å². The summed E-state index contributed by atoms with van der Waals surface area (Å²) in [5.41, 5.74) is 0. The molecule has 5 nitrogen and oxygen atoms in total. The van der Waals surface area contributed by atoms with Crippen LogP contribution in [0.3, 0.4) is 0 Å². The average Bonchev–Trinajstić information content (AvgIpc) is 2.55. The first-order valence-corrected chi connectivity index (χ1v) is 5.74. The number of rotatable bonds is 7. The molecule has 0 unspecified atom stereocenters. The fourth-order valence-electron chi connectivity index (χ4n) is 1.62. The van der Waals surface area contributed by atoms with Crippen molar-refractivity contribution in [3.05, 3.63) is 0 Å². The number of urea groups is 1. The number of nitrogens with zero attached hydrogens (tertiary/aromatic N) is 1. The summed E-state index contributed by atoms with van der Waals surface area (Å²) in [4.78, 5) is 34.8. The molecular formula is C11H18N2O3. The van der Waals surface area contributed by atoms with E-state index in [1.165, 1.54) is 4.90 Å². The molecule has 90 valence electrons. The highest BCUT2D eigenvalue weighted by Crippen LogP contribution is 2.04. The Hall–Kier alpha value is -1.39. The van der Waals surface area contributed by atoms with Crippen LogP contribution in [0.25, 0.3) is 0 Å². The standard InChI is InChI=1S/C11H18N2O3/c1-2-3-4-5-9(14)6-7-13-8-10(15)12-11(13)16/h2-8H2,1H3,(H,12,15,16). The number of nitrogens with one attached hydrogen (secondary N) is 1. The average molecular weight is 226 g/mol. The summed E-state index contributed by atoms with van der Waals surface area (Å²) in [6, 6.07) is -0.383. The summed E-state index contributed by atoms with van der Waals surface area (Å²) < 4.78 is 0. The van der Waals surface area contributed by atoms with E-state index in [2.05, 4.69) is 12.2 Å². The molecule has 0 saturated carbocycles. The first-order chi connectivity index (χ1) is 7.63. The van der Waals surface area contributed by atoms with Gasteiger partial charge in [0.15, 0.2) is 0 Å². The predicted molar refractivity (Wildman–Crippen MR) is 58.9 cm³/mol. The van der Waals surface area contributed by atoms with Crippen LogP contribution in [0.15, 0.2) is 0 Å². The predicted octanol–water partition coefficient (Wildman–Crippen LogP) is 1.08. The Balaban J connectivity index is 2.16. The Kier molecular flexibility index (Phi) is 4.95. The number of hydrogen-bond acceptors (Lipinski definition) is 3. The number of hydrogen-bond donors (Lipinski definition) is 1. The Morgan fingerprint density at radius 3 is 2.62 bits per heavy atom. The number of carbonyl (C=O) groups excluding carboxylic acids is 3. The normalized spacial score (nSPS) is 15.4. The second kappa shape index (κ2) is 6.25. The summed E-state index contributed by atoms with van der Waals surface area (Å²) in [6.45, 7) is 2.52. The van der Waals surface area contributed by atoms with Crippen LogP contribution in [0.2, 0.25) is 0 Å². The molecular weight excluding hydrogens is 208 g/mol. The van der Waals surface area contributed by atoms with Gasteiger partial charge in [-0.25, -0.2) is 4.79 Å². The van der Waals surface area contributed by atoms with Crippen LogP contribution in [-0.4, -0.2) is 35.7 Å². The second-order valence-electron chi connectivity index (χ2n) is 4.02. The topological polar surface area (TPSA) is 66.5 Å². The molecule has 0 radical (unpaired) electrons. The number of imide groups is 1. The van der Waals surface area contributed by atoms with Crippen LogP contribution in [0, 0.1) is 0 Å². The maximum atomic E-state index is 11.4. The van der Waals surface area contributed by atoms with Gasteiger partial charge in [0.25, 0.3) is 0 Å². The third kappa shape index (κ3) is 4.00. The van der Waals surface area contributed by atoms with Gasteiger partial charge in [-0.15, -0.1) is 0 Å². The van der Waals surface area contributed by atoms with Gasteiger partial charge in [-0.1, -0.05) is 19.8 Å². The minimum Gasteiger partial charge on any atom is -0.315 e. The third-order valence-corrected chi connectivity index (χ3v) is 2.59. The van der Waals surface area contributed by atoms with Crippen LogP contribution < -0.4 is 5.32 Å².